The zero-order chi connectivity index (χ0) is 20.5. The van der Waals surface area contributed by atoms with Crippen molar-refractivity contribution in [2.75, 3.05) is 63.9 Å². The summed E-state index contributed by atoms with van der Waals surface area (Å²) in [4.78, 5) is 9.50. The molecule has 0 bridgehead atoms. The number of hydrogen-bond donors (Lipinski definition) is 2. The molecule has 2 aliphatic heterocycles. The van der Waals surface area contributed by atoms with Gasteiger partial charge in [-0.3, -0.25) is 14.8 Å². The predicted molar refractivity (Wildman–Crippen MR) is 116 cm³/mol. The Morgan fingerprint density at radius 1 is 1.17 bits per heavy atom. The molecule has 2 saturated heterocycles. The molecule has 164 valence electrons. The van der Waals surface area contributed by atoms with Crippen LogP contribution >= 0.6 is 0 Å². The van der Waals surface area contributed by atoms with E-state index in [1.165, 1.54) is 19.3 Å². The van der Waals surface area contributed by atoms with Gasteiger partial charge in [-0.25, -0.2) is 8.42 Å². The first-order chi connectivity index (χ1) is 14.1. The van der Waals surface area contributed by atoms with Crippen molar-refractivity contribution in [3.05, 3.63) is 24.2 Å². The summed E-state index contributed by atoms with van der Waals surface area (Å²) in [6.07, 6.45) is 5.49. The van der Waals surface area contributed by atoms with Crippen molar-refractivity contribution in [1.82, 2.24) is 20.4 Å². The van der Waals surface area contributed by atoms with E-state index in [1.807, 2.05) is 12.1 Å². The van der Waals surface area contributed by atoms with Crippen molar-refractivity contribution in [1.29, 1.82) is 0 Å². The number of nitrogens with one attached hydrogen (secondary N) is 2. The highest BCUT2D eigenvalue weighted by molar-refractivity contribution is 7.91. The van der Waals surface area contributed by atoms with E-state index in [1.54, 1.807) is 6.26 Å². The Labute approximate surface area is 174 Å². The average Bonchev–Trinajstić information content (AvgIpc) is 3.25. The molecule has 0 spiro atoms. The van der Waals surface area contributed by atoms with Gasteiger partial charge in [0.25, 0.3) is 0 Å². The van der Waals surface area contributed by atoms with Crippen LogP contribution in [-0.4, -0.2) is 88.0 Å². The fourth-order valence-electron chi connectivity index (χ4n) is 3.92. The van der Waals surface area contributed by atoms with Gasteiger partial charge < -0.3 is 15.1 Å². The summed E-state index contributed by atoms with van der Waals surface area (Å²) in [5.74, 6) is 2.30. The summed E-state index contributed by atoms with van der Waals surface area (Å²) in [5, 5.41) is 6.70. The van der Waals surface area contributed by atoms with Crippen LogP contribution in [0.4, 0.5) is 0 Å². The summed E-state index contributed by atoms with van der Waals surface area (Å²) >= 11 is 0. The van der Waals surface area contributed by atoms with Crippen LogP contribution < -0.4 is 10.6 Å². The van der Waals surface area contributed by atoms with Crippen molar-refractivity contribution >= 4 is 15.8 Å². The Balaban J connectivity index is 1.53. The maximum atomic E-state index is 11.6. The summed E-state index contributed by atoms with van der Waals surface area (Å²) in [7, 11) is -2.83. The Kier molecular flexibility index (Phi) is 8.38. The van der Waals surface area contributed by atoms with E-state index in [0.29, 0.717) is 19.6 Å². The summed E-state index contributed by atoms with van der Waals surface area (Å²) in [6, 6.07) is 4.14. The number of nitrogens with zero attached hydrogens (tertiary/aromatic N) is 3. The van der Waals surface area contributed by atoms with E-state index in [9.17, 15) is 8.42 Å². The monoisotopic (exact) mass is 425 g/mol. The van der Waals surface area contributed by atoms with Crippen LogP contribution in [0.3, 0.4) is 0 Å². The fraction of sp³-hybridized carbons (Fsp3) is 0.750. The molecule has 0 radical (unpaired) electrons. The van der Waals surface area contributed by atoms with E-state index < -0.39 is 9.84 Å². The molecule has 0 saturated carbocycles. The SMILES string of the molecule is CCNC(=NCC(c1ccco1)N1CCCCC1)NCCN1CCS(=O)(=O)CC1. The third kappa shape index (κ3) is 7.01. The molecule has 0 aromatic carbocycles. The number of sulfone groups is 1. The lowest BCUT2D eigenvalue weighted by atomic mass is 10.1. The van der Waals surface area contributed by atoms with Crippen LogP contribution in [0.2, 0.25) is 0 Å². The van der Waals surface area contributed by atoms with Gasteiger partial charge >= 0.3 is 0 Å². The molecule has 1 unspecified atom stereocenters. The van der Waals surface area contributed by atoms with Crippen LogP contribution in [0.15, 0.2) is 27.8 Å². The van der Waals surface area contributed by atoms with Gasteiger partial charge in [0.2, 0.25) is 0 Å². The third-order valence-electron chi connectivity index (χ3n) is 5.63. The lowest BCUT2D eigenvalue weighted by Gasteiger charge is -2.32. The number of likely N-dealkylation sites (tertiary alicyclic amines) is 1. The second kappa shape index (κ2) is 11.0. The first-order valence-corrected chi connectivity index (χ1v) is 12.6. The highest BCUT2D eigenvalue weighted by Crippen LogP contribution is 2.25. The molecular weight excluding hydrogens is 390 g/mol. The lowest BCUT2D eigenvalue weighted by Crippen LogP contribution is -2.46. The first kappa shape index (κ1) is 22.1. The minimum absolute atomic E-state index is 0.160. The lowest BCUT2D eigenvalue weighted by molar-refractivity contribution is 0.150. The van der Waals surface area contributed by atoms with E-state index in [2.05, 4.69) is 27.4 Å². The maximum Gasteiger partial charge on any atom is 0.191 e. The second-order valence-corrected chi connectivity index (χ2v) is 10.1. The Morgan fingerprint density at radius 2 is 1.93 bits per heavy atom. The zero-order valence-corrected chi connectivity index (χ0v) is 18.3. The Morgan fingerprint density at radius 3 is 2.59 bits per heavy atom. The normalized spacial score (nSPS) is 22.3. The molecule has 1 atom stereocenters. The second-order valence-electron chi connectivity index (χ2n) is 7.77. The van der Waals surface area contributed by atoms with Gasteiger partial charge in [-0.2, -0.15) is 0 Å². The van der Waals surface area contributed by atoms with Crippen LogP contribution in [0.1, 0.15) is 38.0 Å². The predicted octanol–water partition coefficient (Wildman–Crippen LogP) is 1.09. The number of guanidine groups is 1. The molecule has 3 rings (SSSR count). The van der Waals surface area contributed by atoms with Gasteiger partial charge in [0.1, 0.15) is 5.76 Å². The molecule has 9 heteroatoms. The molecule has 0 amide bonds. The van der Waals surface area contributed by atoms with Crippen LogP contribution in [0.25, 0.3) is 0 Å². The van der Waals surface area contributed by atoms with Gasteiger partial charge in [-0.05, 0) is 45.0 Å². The van der Waals surface area contributed by atoms with E-state index in [-0.39, 0.29) is 17.5 Å². The summed E-state index contributed by atoms with van der Waals surface area (Å²) < 4.78 is 28.8. The van der Waals surface area contributed by atoms with Gasteiger partial charge in [0.15, 0.2) is 15.8 Å². The molecule has 2 fully saturated rings. The van der Waals surface area contributed by atoms with E-state index in [4.69, 9.17) is 9.41 Å². The van der Waals surface area contributed by atoms with Gasteiger partial charge in [0.05, 0.1) is 30.4 Å². The largest absolute Gasteiger partial charge is 0.468 e. The number of rotatable bonds is 8. The topological polar surface area (TPSA) is 90.2 Å². The molecule has 3 heterocycles. The van der Waals surface area contributed by atoms with Crippen molar-refractivity contribution in [3.63, 3.8) is 0 Å². The first-order valence-electron chi connectivity index (χ1n) is 10.8. The zero-order valence-electron chi connectivity index (χ0n) is 17.5. The third-order valence-corrected chi connectivity index (χ3v) is 7.24. The molecule has 1 aromatic rings. The quantitative estimate of drug-likeness (QED) is 0.476. The number of aliphatic imine (C=N–C) groups is 1. The molecule has 0 aliphatic carbocycles. The minimum Gasteiger partial charge on any atom is -0.468 e. The van der Waals surface area contributed by atoms with Crippen molar-refractivity contribution in [3.8, 4) is 0 Å². The van der Waals surface area contributed by atoms with E-state index >= 15 is 0 Å². The molecule has 2 N–H and O–H groups in total. The van der Waals surface area contributed by atoms with Crippen molar-refractivity contribution < 1.29 is 12.8 Å². The highest BCUT2D eigenvalue weighted by atomic mass is 32.2. The highest BCUT2D eigenvalue weighted by Gasteiger charge is 2.24. The number of hydrogen-bond acceptors (Lipinski definition) is 6. The Bertz CT molecular complexity index is 715. The molecule has 8 nitrogen and oxygen atoms in total. The molecule has 2 aliphatic rings. The van der Waals surface area contributed by atoms with Gasteiger partial charge in [-0.15, -0.1) is 0 Å². The van der Waals surface area contributed by atoms with Crippen LogP contribution in [0, 0.1) is 0 Å². The average molecular weight is 426 g/mol. The van der Waals surface area contributed by atoms with E-state index in [0.717, 1.165) is 44.4 Å². The summed E-state index contributed by atoms with van der Waals surface area (Å²) in [6.45, 7) is 8.45. The molecule has 29 heavy (non-hydrogen) atoms. The standard InChI is InChI=1S/C20H35N5O3S/c1-2-21-20(22-8-11-24-12-15-29(26,27)16-13-24)23-17-18(19-7-6-14-28-19)25-9-4-3-5-10-25/h6-7,14,18H,2-5,8-13,15-17H2,1H3,(H2,21,22,23). The maximum absolute atomic E-state index is 11.6. The fourth-order valence-corrected chi connectivity index (χ4v) is 5.20. The van der Waals surface area contributed by atoms with Crippen molar-refractivity contribution in [2.24, 2.45) is 4.99 Å². The number of piperidine rings is 1. The molecule has 1 aromatic heterocycles. The van der Waals surface area contributed by atoms with Gasteiger partial charge in [-0.1, -0.05) is 6.42 Å². The van der Waals surface area contributed by atoms with Gasteiger partial charge in [0, 0.05) is 32.7 Å². The molecular formula is C20H35N5O3S. The number of furan rings is 1. The van der Waals surface area contributed by atoms with Crippen LogP contribution in [-0.2, 0) is 9.84 Å². The Hall–Kier alpha value is -1.58. The smallest absolute Gasteiger partial charge is 0.191 e. The minimum atomic E-state index is -2.83. The summed E-state index contributed by atoms with van der Waals surface area (Å²) in [5.41, 5.74) is 0. The van der Waals surface area contributed by atoms with Crippen LogP contribution in [0.5, 0.6) is 0 Å². The van der Waals surface area contributed by atoms with Crippen molar-refractivity contribution in [2.45, 2.75) is 32.2 Å².